The number of halogens is 1. The highest BCUT2D eigenvalue weighted by molar-refractivity contribution is 5.97. The van der Waals surface area contributed by atoms with E-state index in [0.717, 1.165) is 40.6 Å². The van der Waals surface area contributed by atoms with Crippen LogP contribution in [-0.4, -0.2) is 28.6 Å². The minimum Gasteiger partial charge on any atom is -0.338 e. The van der Waals surface area contributed by atoms with E-state index < -0.39 is 0 Å². The first kappa shape index (κ1) is 16.4. The zero-order valence-corrected chi connectivity index (χ0v) is 14.2. The van der Waals surface area contributed by atoms with Crippen LogP contribution in [0.5, 0.6) is 0 Å². The van der Waals surface area contributed by atoms with Crippen molar-refractivity contribution < 1.29 is 9.18 Å². The van der Waals surface area contributed by atoms with Gasteiger partial charge in [0.1, 0.15) is 5.82 Å². The zero-order chi connectivity index (χ0) is 18.1. The summed E-state index contributed by atoms with van der Waals surface area (Å²) in [5.74, 6) is -0.0877. The molecule has 4 nitrogen and oxygen atoms in total. The van der Waals surface area contributed by atoms with E-state index in [-0.39, 0.29) is 11.7 Å². The summed E-state index contributed by atoms with van der Waals surface area (Å²) in [4.78, 5) is 18.3. The van der Waals surface area contributed by atoms with Gasteiger partial charge in [-0.25, -0.2) is 9.37 Å². The van der Waals surface area contributed by atoms with Crippen molar-refractivity contribution in [1.29, 1.82) is 5.41 Å². The van der Waals surface area contributed by atoms with Crippen LogP contribution in [0.15, 0.2) is 48.5 Å². The first-order chi connectivity index (χ1) is 12.6. The predicted octanol–water partition coefficient (Wildman–Crippen LogP) is 4.16. The minimum atomic E-state index is -0.281. The van der Waals surface area contributed by atoms with Gasteiger partial charge in [-0.3, -0.25) is 4.79 Å². The lowest BCUT2D eigenvalue weighted by atomic mass is 9.99. The van der Waals surface area contributed by atoms with E-state index in [0.29, 0.717) is 18.7 Å². The predicted molar refractivity (Wildman–Crippen MR) is 99.7 cm³/mol. The van der Waals surface area contributed by atoms with Gasteiger partial charge in [0.05, 0.1) is 11.2 Å². The second kappa shape index (κ2) is 6.67. The summed E-state index contributed by atoms with van der Waals surface area (Å²) in [5.41, 5.74) is 4.13. The lowest BCUT2D eigenvalue weighted by molar-refractivity contribution is -0.128. The topological polar surface area (TPSA) is 57.1 Å². The van der Waals surface area contributed by atoms with Crippen molar-refractivity contribution in [3.05, 3.63) is 65.6 Å². The Morgan fingerprint density at radius 2 is 1.96 bits per heavy atom. The quantitative estimate of drug-likeness (QED) is 0.721. The molecule has 1 amide bonds. The molecule has 26 heavy (non-hydrogen) atoms. The molecule has 1 saturated heterocycles. The number of hydrogen-bond donors (Lipinski definition) is 1. The fourth-order valence-corrected chi connectivity index (χ4v) is 3.43. The summed E-state index contributed by atoms with van der Waals surface area (Å²) in [6.45, 7) is 1.38. The fraction of sp³-hybridized carbons (Fsp3) is 0.190. The van der Waals surface area contributed by atoms with Gasteiger partial charge in [-0.05, 0) is 47.4 Å². The molecule has 1 aliphatic heterocycles. The van der Waals surface area contributed by atoms with Gasteiger partial charge in [-0.2, -0.15) is 0 Å². The third kappa shape index (κ3) is 3.08. The Morgan fingerprint density at radius 3 is 2.65 bits per heavy atom. The largest absolute Gasteiger partial charge is 0.338 e. The van der Waals surface area contributed by atoms with Gasteiger partial charge in [0.15, 0.2) is 0 Å². The van der Waals surface area contributed by atoms with Crippen molar-refractivity contribution in [3.63, 3.8) is 0 Å². The molecular formula is C21H18FN3O. The second-order valence-electron chi connectivity index (χ2n) is 6.52. The molecule has 1 aromatic heterocycles. The molecule has 0 unspecified atom stereocenters. The molecule has 1 N–H and O–H groups in total. The highest BCUT2D eigenvalue weighted by Crippen LogP contribution is 2.29. The van der Waals surface area contributed by atoms with Crippen LogP contribution < -0.4 is 0 Å². The average molecular weight is 347 g/mol. The van der Waals surface area contributed by atoms with Crippen molar-refractivity contribution >= 4 is 23.0 Å². The molecule has 1 aliphatic rings. The van der Waals surface area contributed by atoms with Crippen LogP contribution in [0, 0.1) is 11.2 Å². The van der Waals surface area contributed by atoms with Crippen molar-refractivity contribution in [2.45, 2.75) is 19.4 Å². The molecule has 130 valence electrons. The van der Waals surface area contributed by atoms with Crippen LogP contribution >= 0.6 is 0 Å². The van der Waals surface area contributed by atoms with E-state index in [9.17, 15) is 9.18 Å². The number of carbonyl (C=O) groups is 1. The highest BCUT2D eigenvalue weighted by atomic mass is 19.1. The first-order valence-corrected chi connectivity index (χ1v) is 8.62. The van der Waals surface area contributed by atoms with E-state index in [2.05, 4.69) is 4.98 Å². The Balaban J connectivity index is 1.79. The lowest BCUT2D eigenvalue weighted by Crippen LogP contribution is -2.23. The van der Waals surface area contributed by atoms with Crippen LogP contribution in [0.2, 0.25) is 0 Å². The molecule has 1 fully saturated rings. The Kier molecular flexibility index (Phi) is 4.21. The van der Waals surface area contributed by atoms with E-state index in [1.54, 1.807) is 12.1 Å². The SMILES string of the molecule is N=Cc1cc(-c2ccc(F)cc2)c2ccc(CN3CCCC3=O)cc2n1. The molecule has 2 heterocycles. The number of carbonyl (C=O) groups excluding carboxylic acids is 1. The summed E-state index contributed by atoms with van der Waals surface area (Å²) >= 11 is 0. The van der Waals surface area contributed by atoms with Gasteiger partial charge < -0.3 is 10.3 Å². The van der Waals surface area contributed by atoms with Crippen LogP contribution in [0.1, 0.15) is 24.1 Å². The number of pyridine rings is 1. The maximum absolute atomic E-state index is 13.3. The Morgan fingerprint density at radius 1 is 1.15 bits per heavy atom. The number of likely N-dealkylation sites (tertiary alicyclic amines) is 1. The Labute approximate surface area is 150 Å². The molecule has 0 atom stereocenters. The molecule has 0 aliphatic carbocycles. The maximum atomic E-state index is 13.3. The Bertz CT molecular complexity index is 998. The smallest absolute Gasteiger partial charge is 0.222 e. The summed E-state index contributed by atoms with van der Waals surface area (Å²) in [5, 5.41) is 8.52. The van der Waals surface area contributed by atoms with Gasteiger partial charge >= 0.3 is 0 Å². The molecular weight excluding hydrogens is 329 g/mol. The summed E-state index contributed by atoms with van der Waals surface area (Å²) < 4.78 is 13.3. The fourth-order valence-electron chi connectivity index (χ4n) is 3.43. The van der Waals surface area contributed by atoms with Crippen molar-refractivity contribution in [1.82, 2.24) is 9.88 Å². The van der Waals surface area contributed by atoms with Crippen LogP contribution in [0.25, 0.3) is 22.0 Å². The van der Waals surface area contributed by atoms with Gasteiger partial charge in [-0.15, -0.1) is 0 Å². The van der Waals surface area contributed by atoms with Gasteiger partial charge in [0.2, 0.25) is 5.91 Å². The molecule has 5 heteroatoms. The number of fused-ring (bicyclic) bond motifs is 1. The molecule has 4 rings (SSSR count). The lowest BCUT2D eigenvalue weighted by Gasteiger charge is -2.16. The van der Waals surface area contributed by atoms with Crippen molar-refractivity contribution in [2.75, 3.05) is 6.54 Å². The summed E-state index contributed by atoms with van der Waals surface area (Å²) in [7, 11) is 0. The number of nitrogens with one attached hydrogen (secondary N) is 1. The van der Waals surface area contributed by atoms with Crippen LogP contribution in [0.3, 0.4) is 0 Å². The van der Waals surface area contributed by atoms with E-state index in [1.807, 2.05) is 29.2 Å². The minimum absolute atomic E-state index is 0.193. The number of hydrogen-bond acceptors (Lipinski definition) is 3. The van der Waals surface area contributed by atoms with Crippen LogP contribution in [0.4, 0.5) is 4.39 Å². The number of benzene rings is 2. The molecule has 0 saturated carbocycles. The highest BCUT2D eigenvalue weighted by Gasteiger charge is 2.20. The van der Waals surface area contributed by atoms with Gasteiger partial charge in [-0.1, -0.05) is 24.3 Å². The summed E-state index contributed by atoms with van der Waals surface area (Å²) in [6.07, 6.45) is 2.75. The molecule has 2 aromatic carbocycles. The second-order valence-corrected chi connectivity index (χ2v) is 6.52. The third-order valence-corrected chi connectivity index (χ3v) is 4.74. The normalized spacial score (nSPS) is 14.2. The monoisotopic (exact) mass is 347 g/mol. The Hall–Kier alpha value is -3.08. The van der Waals surface area contributed by atoms with E-state index >= 15 is 0 Å². The molecule has 3 aromatic rings. The third-order valence-electron chi connectivity index (χ3n) is 4.74. The molecule has 0 spiro atoms. The van der Waals surface area contributed by atoms with Crippen molar-refractivity contribution in [3.8, 4) is 11.1 Å². The number of rotatable bonds is 4. The van der Waals surface area contributed by atoms with Gasteiger partial charge in [0.25, 0.3) is 0 Å². The standard InChI is InChI=1S/C21H18FN3O/c22-16-6-4-15(5-7-16)19-11-17(12-23)24-20-10-14(3-8-18(19)20)13-25-9-1-2-21(25)26/h3-8,10-12,23H,1-2,9,13H2. The maximum Gasteiger partial charge on any atom is 0.222 e. The number of amides is 1. The zero-order valence-electron chi connectivity index (χ0n) is 14.2. The molecule has 0 bridgehead atoms. The average Bonchev–Trinajstić information content (AvgIpc) is 3.06. The number of aromatic nitrogens is 1. The van der Waals surface area contributed by atoms with Gasteiger partial charge in [0, 0.05) is 31.1 Å². The number of nitrogens with zero attached hydrogens (tertiary/aromatic N) is 2. The van der Waals surface area contributed by atoms with E-state index in [1.165, 1.54) is 18.3 Å². The summed E-state index contributed by atoms with van der Waals surface area (Å²) in [6, 6.07) is 14.1. The molecule has 0 radical (unpaired) electrons. The van der Waals surface area contributed by atoms with E-state index in [4.69, 9.17) is 5.41 Å². The van der Waals surface area contributed by atoms with Crippen molar-refractivity contribution in [2.24, 2.45) is 0 Å². The van der Waals surface area contributed by atoms with Crippen LogP contribution in [-0.2, 0) is 11.3 Å². The first-order valence-electron chi connectivity index (χ1n) is 8.62.